The van der Waals surface area contributed by atoms with Crippen molar-refractivity contribution in [3.05, 3.63) is 46.7 Å². The van der Waals surface area contributed by atoms with E-state index >= 15 is 0 Å². The highest BCUT2D eigenvalue weighted by Crippen LogP contribution is 2.36. The number of halogens is 1. The van der Waals surface area contributed by atoms with Crippen LogP contribution >= 0.6 is 11.6 Å². The van der Waals surface area contributed by atoms with Crippen molar-refractivity contribution < 1.29 is 0 Å². The number of benzene rings is 1. The van der Waals surface area contributed by atoms with E-state index < -0.39 is 0 Å². The maximum Gasteiger partial charge on any atom is 0.165 e. The molecule has 0 unspecified atom stereocenters. The lowest BCUT2D eigenvalue weighted by molar-refractivity contribution is 0.270. The molecule has 1 aliphatic heterocycles. The number of hydrogen-bond donors (Lipinski definition) is 0. The van der Waals surface area contributed by atoms with Crippen molar-refractivity contribution in [3.8, 4) is 11.1 Å². The molecule has 0 atom stereocenters. The Morgan fingerprint density at radius 2 is 1.76 bits per heavy atom. The maximum atomic E-state index is 6.56. The summed E-state index contributed by atoms with van der Waals surface area (Å²) in [7, 11) is 0. The Bertz CT molecular complexity index is 1030. The van der Waals surface area contributed by atoms with Crippen LogP contribution in [0.5, 0.6) is 0 Å². The SMILES string of the molecule is CCN1CCN(c2cc(C(C)(C)C)nc3c(-c4ccccc4Cl)c(C)nn23)CC1. The van der Waals surface area contributed by atoms with Gasteiger partial charge in [-0.05, 0) is 19.5 Å². The smallest absolute Gasteiger partial charge is 0.165 e. The highest BCUT2D eigenvalue weighted by atomic mass is 35.5. The van der Waals surface area contributed by atoms with E-state index in [0.717, 1.165) is 71.7 Å². The van der Waals surface area contributed by atoms with Gasteiger partial charge >= 0.3 is 0 Å². The third kappa shape index (κ3) is 3.74. The third-order valence-corrected chi connectivity index (χ3v) is 6.13. The van der Waals surface area contributed by atoms with Gasteiger partial charge in [0, 0.05) is 48.2 Å². The van der Waals surface area contributed by atoms with Crippen LogP contribution in [0.15, 0.2) is 30.3 Å². The van der Waals surface area contributed by atoms with Crippen molar-refractivity contribution in [2.24, 2.45) is 0 Å². The molecule has 0 amide bonds. The molecule has 154 valence electrons. The molecule has 3 aromatic rings. The lowest BCUT2D eigenvalue weighted by Crippen LogP contribution is -2.47. The summed E-state index contributed by atoms with van der Waals surface area (Å²) in [5.41, 5.74) is 4.86. The minimum atomic E-state index is -0.0579. The van der Waals surface area contributed by atoms with Crippen molar-refractivity contribution in [2.45, 2.75) is 40.0 Å². The zero-order valence-corrected chi connectivity index (χ0v) is 18.8. The quantitative estimate of drug-likeness (QED) is 0.620. The Morgan fingerprint density at radius 1 is 1.07 bits per heavy atom. The van der Waals surface area contributed by atoms with Gasteiger partial charge in [0.2, 0.25) is 0 Å². The second kappa shape index (κ2) is 7.62. The highest BCUT2D eigenvalue weighted by molar-refractivity contribution is 6.33. The summed E-state index contributed by atoms with van der Waals surface area (Å²) in [5, 5.41) is 5.64. The van der Waals surface area contributed by atoms with Crippen LogP contribution < -0.4 is 4.90 Å². The largest absolute Gasteiger partial charge is 0.354 e. The fourth-order valence-corrected chi connectivity index (χ4v) is 4.22. The Balaban J connectivity index is 1.92. The third-order valence-electron chi connectivity index (χ3n) is 5.80. The molecule has 1 saturated heterocycles. The molecule has 0 bridgehead atoms. The van der Waals surface area contributed by atoms with Crippen molar-refractivity contribution >= 4 is 23.1 Å². The molecule has 0 saturated carbocycles. The molecule has 0 radical (unpaired) electrons. The molecule has 2 aromatic heterocycles. The zero-order chi connectivity index (χ0) is 20.8. The van der Waals surface area contributed by atoms with E-state index in [0.29, 0.717) is 0 Å². The van der Waals surface area contributed by atoms with Crippen molar-refractivity contribution in [2.75, 3.05) is 37.6 Å². The molecule has 5 nitrogen and oxygen atoms in total. The molecule has 0 spiro atoms. The Hall–Kier alpha value is -2.11. The number of likely N-dealkylation sites (N-methyl/N-ethyl adjacent to an activating group) is 1. The second-order valence-electron chi connectivity index (χ2n) is 8.85. The van der Waals surface area contributed by atoms with Gasteiger partial charge in [0.1, 0.15) is 5.82 Å². The van der Waals surface area contributed by atoms with Gasteiger partial charge in [0.05, 0.1) is 17.0 Å². The molecular formula is C23H30ClN5. The van der Waals surface area contributed by atoms with E-state index in [9.17, 15) is 0 Å². The first-order valence-corrected chi connectivity index (χ1v) is 10.8. The van der Waals surface area contributed by atoms with E-state index in [1.807, 2.05) is 29.6 Å². The zero-order valence-electron chi connectivity index (χ0n) is 18.0. The van der Waals surface area contributed by atoms with E-state index in [1.165, 1.54) is 0 Å². The summed E-state index contributed by atoms with van der Waals surface area (Å²) in [6.45, 7) is 16.1. The van der Waals surface area contributed by atoms with Gasteiger partial charge in [-0.15, -0.1) is 0 Å². The van der Waals surface area contributed by atoms with Gasteiger partial charge in [-0.25, -0.2) is 4.98 Å². The van der Waals surface area contributed by atoms with Crippen LogP contribution in [0.2, 0.25) is 5.02 Å². The molecule has 1 aromatic carbocycles. The second-order valence-corrected chi connectivity index (χ2v) is 9.25. The van der Waals surface area contributed by atoms with Crippen LogP contribution in [0.25, 0.3) is 16.8 Å². The van der Waals surface area contributed by atoms with Crippen molar-refractivity contribution in [1.82, 2.24) is 19.5 Å². The van der Waals surface area contributed by atoms with E-state index in [2.05, 4.69) is 49.6 Å². The molecule has 1 aliphatic rings. The van der Waals surface area contributed by atoms with Gasteiger partial charge in [-0.1, -0.05) is 57.5 Å². The fraction of sp³-hybridized carbons (Fsp3) is 0.478. The fourth-order valence-electron chi connectivity index (χ4n) is 3.99. The summed E-state index contributed by atoms with van der Waals surface area (Å²) < 4.78 is 2.02. The summed E-state index contributed by atoms with van der Waals surface area (Å²) >= 11 is 6.56. The van der Waals surface area contributed by atoms with Crippen LogP contribution in [0.1, 0.15) is 39.1 Å². The van der Waals surface area contributed by atoms with Gasteiger partial charge < -0.3 is 9.80 Å². The normalized spacial score (nSPS) is 16.0. The first kappa shape index (κ1) is 20.2. The lowest BCUT2D eigenvalue weighted by atomic mass is 9.91. The summed E-state index contributed by atoms with van der Waals surface area (Å²) in [5.74, 6) is 1.12. The minimum absolute atomic E-state index is 0.0579. The minimum Gasteiger partial charge on any atom is -0.354 e. The molecule has 29 heavy (non-hydrogen) atoms. The summed E-state index contributed by atoms with van der Waals surface area (Å²) in [6, 6.07) is 10.2. The van der Waals surface area contributed by atoms with E-state index in [1.54, 1.807) is 0 Å². The van der Waals surface area contributed by atoms with Gasteiger partial charge in [0.25, 0.3) is 0 Å². The van der Waals surface area contributed by atoms with Gasteiger partial charge in [-0.3, -0.25) is 0 Å². The van der Waals surface area contributed by atoms with E-state index in [4.69, 9.17) is 21.7 Å². The average Bonchev–Trinajstić information content (AvgIpc) is 3.03. The Labute approximate surface area is 178 Å². The number of aromatic nitrogens is 3. The van der Waals surface area contributed by atoms with Crippen molar-refractivity contribution in [1.29, 1.82) is 0 Å². The molecular weight excluding hydrogens is 382 g/mol. The predicted molar refractivity (Wildman–Crippen MR) is 121 cm³/mol. The first-order chi connectivity index (χ1) is 13.8. The number of anilines is 1. The monoisotopic (exact) mass is 411 g/mol. The van der Waals surface area contributed by atoms with Crippen LogP contribution in [0, 0.1) is 6.92 Å². The van der Waals surface area contributed by atoms with Crippen LogP contribution in [0.4, 0.5) is 5.82 Å². The number of rotatable bonds is 3. The first-order valence-electron chi connectivity index (χ1n) is 10.4. The molecule has 0 N–H and O–H groups in total. The number of nitrogens with zero attached hydrogens (tertiary/aromatic N) is 5. The molecule has 3 heterocycles. The molecule has 1 fully saturated rings. The summed E-state index contributed by atoms with van der Waals surface area (Å²) in [4.78, 5) is 10.0. The number of hydrogen-bond acceptors (Lipinski definition) is 4. The van der Waals surface area contributed by atoms with Crippen LogP contribution in [-0.2, 0) is 5.41 Å². The molecule has 4 rings (SSSR count). The van der Waals surface area contributed by atoms with Crippen molar-refractivity contribution in [3.63, 3.8) is 0 Å². The van der Waals surface area contributed by atoms with Crippen LogP contribution in [0.3, 0.4) is 0 Å². The summed E-state index contributed by atoms with van der Waals surface area (Å²) in [6.07, 6.45) is 0. The lowest BCUT2D eigenvalue weighted by Gasteiger charge is -2.36. The predicted octanol–water partition coefficient (Wildman–Crippen LogP) is 4.80. The molecule has 6 heteroatoms. The average molecular weight is 412 g/mol. The Kier molecular flexibility index (Phi) is 5.30. The Morgan fingerprint density at radius 3 is 2.38 bits per heavy atom. The number of fused-ring (bicyclic) bond motifs is 1. The number of piperazine rings is 1. The highest BCUT2D eigenvalue weighted by Gasteiger charge is 2.26. The van der Waals surface area contributed by atoms with Gasteiger partial charge in [-0.2, -0.15) is 9.61 Å². The van der Waals surface area contributed by atoms with Crippen LogP contribution in [-0.4, -0.2) is 52.2 Å². The number of aryl methyl sites for hydroxylation is 1. The van der Waals surface area contributed by atoms with Gasteiger partial charge in [0.15, 0.2) is 5.65 Å². The maximum absolute atomic E-state index is 6.56. The van der Waals surface area contributed by atoms with E-state index in [-0.39, 0.29) is 5.41 Å². The standard InChI is InChI=1S/C23H30ClN5/c1-6-27-11-13-28(14-12-27)20-15-19(23(3,4)5)25-22-21(16(2)26-29(20)22)17-9-7-8-10-18(17)24/h7-10,15H,6,11-14H2,1-5H3. The topological polar surface area (TPSA) is 36.7 Å². The molecule has 0 aliphatic carbocycles.